The fourth-order valence-electron chi connectivity index (χ4n) is 2.98. The van der Waals surface area contributed by atoms with Crippen molar-refractivity contribution in [2.75, 3.05) is 0 Å². The lowest BCUT2D eigenvalue weighted by molar-refractivity contribution is -0.722. The van der Waals surface area contributed by atoms with Crippen molar-refractivity contribution in [1.82, 2.24) is 9.55 Å². The third kappa shape index (κ3) is 2.64. The summed E-state index contributed by atoms with van der Waals surface area (Å²) < 4.78 is 1.61. The van der Waals surface area contributed by atoms with Crippen LogP contribution < -0.4 is 0 Å². The molecule has 5 nitrogen and oxygen atoms in total. The molecule has 1 aliphatic rings. The van der Waals surface area contributed by atoms with E-state index >= 15 is 0 Å². The van der Waals surface area contributed by atoms with Gasteiger partial charge in [0.2, 0.25) is 6.34 Å². The molecule has 2 heterocycles. The second-order valence-corrected chi connectivity index (χ2v) is 6.13. The quantitative estimate of drug-likeness (QED) is 0.810. The van der Waals surface area contributed by atoms with E-state index in [-0.39, 0.29) is 16.4 Å². The Morgan fingerprint density at radius 3 is 2.57 bits per heavy atom. The van der Waals surface area contributed by atoms with E-state index in [1.54, 1.807) is 25.1 Å². The number of carbonyl (C=O) groups is 1. The zero-order valence-electron chi connectivity index (χ0n) is 13.7. The monoisotopic (exact) mass is 309 g/mol. The Kier molecular flexibility index (Phi) is 3.96. The van der Waals surface area contributed by atoms with Gasteiger partial charge >= 0.3 is 6.03 Å². The van der Waals surface area contributed by atoms with E-state index in [1.165, 1.54) is 4.57 Å². The van der Waals surface area contributed by atoms with E-state index in [4.69, 9.17) is 0 Å². The minimum atomic E-state index is -0.0664. The van der Waals surface area contributed by atoms with Crippen molar-refractivity contribution in [1.29, 1.82) is 0 Å². The fourth-order valence-corrected chi connectivity index (χ4v) is 2.98. The molecular weight excluding hydrogens is 288 g/mol. The number of hydrogen-bond donors (Lipinski definition) is 0. The van der Waals surface area contributed by atoms with Crippen LogP contribution in [0.3, 0.4) is 0 Å². The molecule has 0 saturated heterocycles. The molecule has 0 bridgehead atoms. The number of benzene rings is 1. The van der Waals surface area contributed by atoms with Gasteiger partial charge in [0.05, 0.1) is 0 Å². The second kappa shape index (κ2) is 5.93. The summed E-state index contributed by atoms with van der Waals surface area (Å²) in [4.78, 5) is 21.8. The minimum Gasteiger partial charge on any atom is -0.245 e. The molecule has 23 heavy (non-hydrogen) atoms. The first-order valence-corrected chi connectivity index (χ1v) is 7.75. The molecule has 1 aliphatic heterocycles. The molecule has 5 heteroatoms. The van der Waals surface area contributed by atoms with Crippen molar-refractivity contribution < 1.29 is 9.28 Å². The van der Waals surface area contributed by atoms with Gasteiger partial charge in [0.1, 0.15) is 24.3 Å². The summed E-state index contributed by atoms with van der Waals surface area (Å²) in [5, 5.41) is 0. The summed E-state index contributed by atoms with van der Waals surface area (Å²) in [6.45, 7) is 6.74. The molecule has 1 aromatic carbocycles. The van der Waals surface area contributed by atoms with Gasteiger partial charge < -0.3 is 0 Å². The number of hydrogen-bond acceptors (Lipinski definition) is 3. The molecule has 118 valence electrons. The Morgan fingerprint density at radius 1 is 1.26 bits per heavy atom. The van der Waals surface area contributed by atoms with Gasteiger partial charge in [-0.25, -0.2) is 19.3 Å². The first-order valence-electron chi connectivity index (χ1n) is 7.75. The number of quaternary nitrogens is 1. The molecule has 1 unspecified atom stereocenters. The predicted octanol–water partition coefficient (Wildman–Crippen LogP) is 3.80. The van der Waals surface area contributed by atoms with Crippen molar-refractivity contribution in [3.05, 3.63) is 66.0 Å². The van der Waals surface area contributed by atoms with E-state index in [9.17, 15) is 4.79 Å². The molecule has 0 saturated carbocycles. The highest BCUT2D eigenvalue weighted by atomic mass is 16.2. The zero-order valence-corrected chi connectivity index (χ0v) is 13.7. The lowest BCUT2D eigenvalue weighted by Gasteiger charge is -2.28. The van der Waals surface area contributed by atoms with Crippen LogP contribution in [0.1, 0.15) is 26.3 Å². The topological polar surface area (TPSA) is 47.2 Å². The van der Waals surface area contributed by atoms with Gasteiger partial charge in [-0.3, -0.25) is 0 Å². The van der Waals surface area contributed by atoms with Crippen molar-refractivity contribution >= 4 is 12.4 Å². The Morgan fingerprint density at radius 2 is 2.00 bits per heavy atom. The SMILES string of the molecule is CC1=C(C(C)C)N=C[N+]1(Cc1ccccc1)C(=O)n1ccnc1. The lowest BCUT2D eigenvalue weighted by atomic mass is 10.1. The van der Waals surface area contributed by atoms with Crippen molar-refractivity contribution in [3.8, 4) is 0 Å². The van der Waals surface area contributed by atoms with Crippen molar-refractivity contribution in [3.63, 3.8) is 0 Å². The molecule has 0 aliphatic carbocycles. The molecule has 1 amide bonds. The largest absolute Gasteiger partial charge is 0.439 e. The van der Waals surface area contributed by atoms with Crippen LogP contribution >= 0.6 is 0 Å². The summed E-state index contributed by atoms with van der Waals surface area (Å²) >= 11 is 0. The van der Waals surface area contributed by atoms with Gasteiger partial charge in [0.15, 0.2) is 0 Å². The minimum absolute atomic E-state index is 0.0664. The third-order valence-corrected chi connectivity index (χ3v) is 4.25. The Labute approximate surface area is 136 Å². The van der Waals surface area contributed by atoms with Gasteiger partial charge in [0.25, 0.3) is 0 Å². The maximum atomic E-state index is 13.2. The van der Waals surface area contributed by atoms with Crippen LogP contribution in [-0.4, -0.2) is 26.4 Å². The maximum Gasteiger partial charge on any atom is 0.439 e. The number of rotatable bonds is 3. The van der Waals surface area contributed by atoms with E-state index in [2.05, 4.69) is 23.8 Å². The third-order valence-electron chi connectivity index (χ3n) is 4.25. The highest BCUT2D eigenvalue weighted by Crippen LogP contribution is 2.33. The number of carbonyl (C=O) groups excluding carboxylic acids is 1. The van der Waals surface area contributed by atoms with E-state index in [0.29, 0.717) is 6.54 Å². The molecule has 0 radical (unpaired) electrons. The summed E-state index contributed by atoms with van der Waals surface area (Å²) in [5.74, 6) is 0.276. The van der Waals surface area contributed by atoms with Gasteiger partial charge in [0, 0.05) is 30.8 Å². The first kappa shape index (κ1) is 15.4. The summed E-state index contributed by atoms with van der Waals surface area (Å²) in [6.07, 6.45) is 6.61. The number of amides is 1. The summed E-state index contributed by atoms with van der Waals surface area (Å²) in [6, 6.07) is 9.96. The fraction of sp³-hybridized carbons (Fsp3) is 0.278. The standard InChI is InChI=1S/C18H21N4O/c1-14(2)17-15(3)22(13-20-17,11-16-7-5-4-6-8-16)18(23)21-10-9-19-12-21/h4-10,12-14H,11H2,1-3H3/q+1. The summed E-state index contributed by atoms with van der Waals surface area (Å²) in [7, 11) is 0. The number of aromatic nitrogens is 2. The smallest absolute Gasteiger partial charge is 0.245 e. The van der Waals surface area contributed by atoms with Crippen LogP contribution in [0.25, 0.3) is 0 Å². The van der Waals surface area contributed by atoms with Crippen LogP contribution in [0.15, 0.2) is 65.4 Å². The summed E-state index contributed by atoms with van der Waals surface area (Å²) in [5.41, 5.74) is 3.05. The van der Waals surface area contributed by atoms with Gasteiger partial charge in [-0.1, -0.05) is 44.2 Å². The average molecular weight is 309 g/mol. The number of nitrogens with zero attached hydrogens (tertiary/aromatic N) is 4. The Balaban J connectivity index is 2.08. The van der Waals surface area contributed by atoms with Crippen molar-refractivity contribution in [2.24, 2.45) is 10.9 Å². The Bertz CT molecular complexity index is 760. The highest BCUT2D eigenvalue weighted by Gasteiger charge is 2.45. The molecular formula is C18H21N4O+. The molecule has 1 aromatic heterocycles. The molecule has 0 fully saturated rings. The lowest BCUT2D eigenvalue weighted by Crippen LogP contribution is -2.50. The van der Waals surface area contributed by atoms with Gasteiger partial charge in [-0.15, -0.1) is 0 Å². The normalized spacial score (nSPS) is 20.5. The molecule has 2 aromatic rings. The van der Waals surface area contributed by atoms with E-state index in [1.807, 2.05) is 37.3 Å². The Hall–Kier alpha value is -2.53. The van der Waals surface area contributed by atoms with Crippen molar-refractivity contribution in [2.45, 2.75) is 27.3 Å². The first-order chi connectivity index (χ1) is 11.0. The van der Waals surface area contributed by atoms with Crippen LogP contribution in [-0.2, 0) is 6.54 Å². The number of allylic oxidation sites excluding steroid dienone is 2. The average Bonchev–Trinajstić information content (AvgIpc) is 3.17. The number of imidazole rings is 1. The zero-order chi connectivity index (χ0) is 16.4. The molecule has 0 spiro atoms. The van der Waals surface area contributed by atoms with Crippen LogP contribution in [0.4, 0.5) is 4.79 Å². The van der Waals surface area contributed by atoms with Gasteiger partial charge in [-0.2, -0.15) is 4.48 Å². The van der Waals surface area contributed by atoms with Gasteiger partial charge in [-0.05, 0) is 0 Å². The van der Waals surface area contributed by atoms with Crippen LogP contribution in [0.5, 0.6) is 0 Å². The maximum absolute atomic E-state index is 13.2. The van der Waals surface area contributed by atoms with Crippen LogP contribution in [0.2, 0.25) is 0 Å². The number of aliphatic imine (C=N–C) groups is 1. The molecule has 0 N–H and O–H groups in total. The predicted molar refractivity (Wildman–Crippen MR) is 89.5 cm³/mol. The molecule has 3 rings (SSSR count). The molecule has 1 atom stereocenters. The van der Waals surface area contributed by atoms with E-state index in [0.717, 1.165) is 17.0 Å². The van der Waals surface area contributed by atoms with Crippen LogP contribution in [0, 0.1) is 5.92 Å². The van der Waals surface area contributed by atoms with E-state index < -0.39 is 0 Å². The second-order valence-electron chi connectivity index (χ2n) is 6.13. The highest BCUT2D eigenvalue weighted by molar-refractivity contribution is 5.80.